The molecule has 162 valence electrons. The second-order valence-electron chi connectivity index (χ2n) is 8.31. The van der Waals surface area contributed by atoms with Gasteiger partial charge in [-0.05, 0) is 48.6 Å². The van der Waals surface area contributed by atoms with E-state index in [1.54, 1.807) is 17.3 Å². The van der Waals surface area contributed by atoms with E-state index < -0.39 is 5.41 Å². The van der Waals surface area contributed by atoms with Gasteiger partial charge in [0.2, 0.25) is 11.8 Å². The lowest BCUT2D eigenvalue weighted by Gasteiger charge is -2.42. The van der Waals surface area contributed by atoms with Crippen LogP contribution in [0.3, 0.4) is 0 Å². The molecule has 2 fully saturated rings. The predicted octanol–water partition coefficient (Wildman–Crippen LogP) is 2.95. The molecule has 6 heteroatoms. The van der Waals surface area contributed by atoms with Crippen molar-refractivity contribution in [2.45, 2.75) is 37.4 Å². The second kappa shape index (κ2) is 9.43. The normalized spacial score (nSPS) is 20.5. The highest BCUT2D eigenvalue weighted by atomic mass is 16.5. The monoisotopic (exact) mass is 419 g/mol. The first kappa shape index (κ1) is 21.2. The van der Waals surface area contributed by atoms with Gasteiger partial charge >= 0.3 is 0 Å². The zero-order valence-electron chi connectivity index (χ0n) is 17.8. The Hall–Kier alpha value is -2.99. The Morgan fingerprint density at radius 2 is 1.77 bits per heavy atom. The number of ether oxygens (including phenoxy) is 1. The van der Waals surface area contributed by atoms with Crippen LogP contribution < -0.4 is 0 Å². The van der Waals surface area contributed by atoms with E-state index in [9.17, 15) is 9.59 Å². The van der Waals surface area contributed by atoms with Crippen molar-refractivity contribution in [3.63, 3.8) is 0 Å². The summed E-state index contributed by atoms with van der Waals surface area (Å²) < 4.78 is 6.07. The first-order chi connectivity index (χ1) is 15.1. The first-order valence-corrected chi connectivity index (χ1v) is 10.9. The van der Waals surface area contributed by atoms with E-state index in [2.05, 4.69) is 11.6 Å². The molecule has 0 bridgehead atoms. The summed E-state index contributed by atoms with van der Waals surface area (Å²) >= 11 is 0. The molecule has 2 saturated heterocycles. The van der Waals surface area contributed by atoms with Crippen molar-refractivity contribution in [2.75, 3.05) is 26.2 Å². The molecular formula is C25H29N3O3. The average molecular weight is 420 g/mol. The molecule has 3 heterocycles. The highest BCUT2D eigenvalue weighted by Crippen LogP contribution is 2.38. The van der Waals surface area contributed by atoms with Crippen molar-refractivity contribution in [1.29, 1.82) is 0 Å². The number of benzene rings is 1. The summed E-state index contributed by atoms with van der Waals surface area (Å²) in [6, 6.07) is 13.9. The number of amides is 2. The Balaban J connectivity index is 1.46. The van der Waals surface area contributed by atoms with Gasteiger partial charge in [0.1, 0.15) is 0 Å². The van der Waals surface area contributed by atoms with Gasteiger partial charge < -0.3 is 14.5 Å². The highest BCUT2D eigenvalue weighted by molar-refractivity contribution is 5.90. The lowest BCUT2D eigenvalue weighted by Crippen LogP contribution is -2.53. The summed E-state index contributed by atoms with van der Waals surface area (Å²) in [5.41, 5.74) is 1.52. The predicted molar refractivity (Wildman–Crippen MR) is 118 cm³/mol. The zero-order chi connectivity index (χ0) is 21.7. The van der Waals surface area contributed by atoms with E-state index in [1.165, 1.54) is 6.08 Å². The van der Waals surface area contributed by atoms with Crippen molar-refractivity contribution >= 4 is 11.8 Å². The van der Waals surface area contributed by atoms with Crippen LogP contribution in [0, 0.1) is 0 Å². The number of pyridine rings is 1. The number of hydrogen-bond donors (Lipinski definition) is 0. The zero-order valence-corrected chi connectivity index (χ0v) is 17.8. The molecule has 1 atom stereocenters. The van der Waals surface area contributed by atoms with Crippen molar-refractivity contribution in [3.8, 4) is 0 Å². The molecule has 0 aliphatic carbocycles. The molecule has 2 aliphatic rings. The lowest BCUT2D eigenvalue weighted by atomic mass is 9.71. The molecule has 0 N–H and O–H groups in total. The molecule has 1 unspecified atom stereocenters. The van der Waals surface area contributed by atoms with Gasteiger partial charge in [-0.15, -0.1) is 0 Å². The summed E-state index contributed by atoms with van der Waals surface area (Å²) in [6.07, 6.45) is 6.98. The molecule has 4 rings (SSSR count). The van der Waals surface area contributed by atoms with Crippen LogP contribution in [-0.4, -0.2) is 58.9 Å². The minimum absolute atomic E-state index is 0.0346. The van der Waals surface area contributed by atoms with E-state index >= 15 is 0 Å². The fourth-order valence-corrected chi connectivity index (χ4v) is 4.67. The quantitative estimate of drug-likeness (QED) is 0.676. The van der Waals surface area contributed by atoms with Crippen LogP contribution in [0.1, 0.15) is 30.4 Å². The van der Waals surface area contributed by atoms with E-state index in [-0.39, 0.29) is 17.9 Å². The minimum atomic E-state index is -0.598. The minimum Gasteiger partial charge on any atom is -0.372 e. The van der Waals surface area contributed by atoms with Gasteiger partial charge in [0.15, 0.2) is 0 Å². The van der Waals surface area contributed by atoms with E-state index in [4.69, 9.17) is 4.74 Å². The third kappa shape index (κ3) is 4.54. The Morgan fingerprint density at radius 1 is 1.06 bits per heavy atom. The third-order valence-electron chi connectivity index (χ3n) is 6.51. The summed E-state index contributed by atoms with van der Waals surface area (Å²) in [4.78, 5) is 33.7. The number of likely N-dealkylation sites (tertiary alicyclic amines) is 2. The fourth-order valence-electron chi connectivity index (χ4n) is 4.67. The van der Waals surface area contributed by atoms with Crippen molar-refractivity contribution in [1.82, 2.24) is 14.8 Å². The van der Waals surface area contributed by atoms with Gasteiger partial charge in [-0.3, -0.25) is 14.6 Å². The highest BCUT2D eigenvalue weighted by Gasteiger charge is 2.46. The molecule has 1 aromatic heterocycles. The smallest absolute Gasteiger partial charge is 0.245 e. The second-order valence-corrected chi connectivity index (χ2v) is 8.31. The van der Waals surface area contributed by atoms with Gasteiger partial charge in [-0.25, -0.2) is 0 Å². The molecule has 2 aromatic rings. The Kier molecular flexibility index (Phi) is 6.47. The molecule has 2 aliphatic heterocycles. The number of hydrogen-bond acceptors (Lipinski definition) is 4. The summed E-state index contributed by atoms with van der Waals surface area (Å²) in [6.45, 7) is 6.53. The van der Waals surface area contributed by atoms with Crippen LogP contribution in [-0.2, 0) is 26.3 Å². The van der Waals surface area contributed by atoms with Gasteiger partial charge in [0.05, 0.1) is 18.1 Å². The van der Waals surface area contributed by atoms with Gasteiger partial charge in [0.25, 0.3) is 0 Å². The van der Waals surface area contributed by atoms with E-state index in [1.807, 2.05) is 47.4 Å². The molecule has 0 saturated carbocycles. The van der Waals surface area contributed by atoms with Crippen LogP contribution in [0.2, 0.25) is 0 Å². The average Bonchev–Trinajstić information content (AvgIpc) is 3.32. The third-order valence-corrected chi connectivity index (χ3v) is 6.51. The van der Waals surface area contributed by atoms with Crippen molar-refractivity contribution in [2.24, 2.45) is 0 Å². The maximum atomic E-state index is 13.8. The van der Waals surface area contributed by atoms with Crippen LogP contribution >= 0.6 is 0 Å². The van der Waals surface area contributed by atoms with E-state index in [0.717, 1.165) is 17.5 Å². The molecule has 31 heavy (non-hydrogen) atoms. The Bertz CT molecular complexity index is 908. The molecule has 0 radical (unpaired) electrons. The molecule has 1 aromatic carbocycles. The summed E-state index contributed by atoms with van der Waals surface area (Å²) in [7, 11) is 0. The number of nitrogens with zero attached hydrogens (tertiary/aromatic N) is 3. The van der Waals surface area contributed by atoms with Crippen molar-refractivity contribution < 1.29 is 14.3 Å². The SMILES string of the molecule is C=CC(=O)N1CCC(C(=O)N2CCC(OCc3ccncc3)C2)(c2ccccc2)CC1. The molecular weight excluding hydrogens is 390 g/mol. The summed E-state index contributed by atoms with van der Waals surface area (Å²) in [5.74, 6) is 0.0827. The lowest BCUT2D eigenvalue weighted by molar-refractivity contribution is -0.141. The fraction of sp³-hybridized carbons (Fsp3) is 0.400. The Morgan fingerprint density at radius 3 is 2.45 bits per heavy atom. The maximum absolute atomic E-state index is 13.8. The number of piperidine rings is 1. The number of aromatic nitrogens is 1. The van der Waals surface area contributed by atoms with Crippen LogP contribution in [0.15, 0.2) is 67.5 Å². The van der Waals surface area contributed by atoms with Crippen LogP contribution in [0.25, 0.3) is 0 Å². The number of carbonyl (C=O) groups excluding carboxylic acids is 2. The molecule has 0 spiro atoms. The first-order valence-electron chi connectivity index (χ1n) is 10.9. The Labute approximate surface area is 183 Å². The maximum Gasteiger partial charge on any atom is 0.245 e. The van der Waals surface area contributed by atoms with Gasteiger partial charge in [-0.1, -0.05) is 36.9 Å². The largest absolute Gasteiger partial charge is 0.372 e. The van der Waals surface area contributed by atoms with E-state index in [0.29, 0.717) is 45.6 Å². The van der Waals surface area contributed by atoms with Crippen molar-refractivity contribution in [3.05, 3.63) is 78.6 Å². The topological polar surface area (TPSA) is 62.7 Å². The standard InChI is InChI=1S/C25H29N3O3/c1-2-23(29)27-16-11-25(12-17-27,21-6-4-3-5-7-21)24(30)28-15-10-22(18-28)31-19-20-8-13-26-14-9-20/h2-9,13-14,22H,1,10-12,15-19H2. The molecule has 2 amide bonds. The molecule has 6 nitrogen and oxygen atoms in total. The van der Waals surface area contributed by atoms with Crippen LogP contribution in [0.5, 0.6) is 0 Å². The van der Waals surface area contributed by atoms with Gasteiger partial charge in [-0.2, -0.15) is 0 Å². The number of rotatable bonds is 6. The number of carbonyl (C=O) groups is 2. The summed E-state index contributed by atoms with van der Waals surface area (Å²) in [5, 5.41) is 0. The van der Waals surface area contributed by atoms with Crippen LogP contribution in [0.4, 0.5) is 0 Å². The van der Waals surface area contributed by atoms with Gasteiger partial charge in [0, 0.05) is 38.6 Å².